The molecule has 8 nitrogen and oxygen atoms in total. The Hall–Kier alpha value is -3.16. The first-order valence-corrected chi connectivity index (χ1v) is 7.04. The van der Waals surface area contributed by atoms with Crippen LogP contribution in [0.4, 0.5) is 4.79 Å². The Labute approximate surface area is 137 Å². The highest BCUT2D eigenvalue weighted by Crippen LogP contribution is 2.25. The van der Waals surface area contributed by atoms with Gasteiger partial charge in [0.1, 0.15) is 11.3 Å². The van der Waals surface area contributed by atoms with Crippen LogP contribution in [-0.4, -0.2) is 58.9 Å². The summed E-state index contributed by atoms with van der Waals surface area (Å²) in [6.07, 6.45) is 0.183. The highest BCUT2D eigenvalue weighted by Gasteiger charge is 2.37. The van der Waals surface area contributed by atoms with Crippen LogP contribution in [0.15, 0.2) is 29.8 Å². The number of carboxylic acids is 1. The van der Waals surface area contributed by atoms with Gasteiger partial charge in [0.05, 0.1) is 0 Å². The summed E-state index contributed by atoms with van der Waals surface area (Å²) in [5, 5.41) is 8.94. The molecule has 1 aromatic carbocycles. The van der Waals surface area contributed by atoms with Crippen molar-refractivity contribution in [3.8, 4) is 5.75 Å². The number of aliphatic carboxylic acids is 1. The molecule has 1 aliphatic heterocycles. The number of carboxylic acid groups (broad SMARTS) is 1. The van der Waals surface area contributed by atoms with Crippen molar-refractivity contribution in [3.63, 3.8) is 0 Å². The van der Waals surface area contributed by atoms with Crippen molar-refractivity contribution in [1.29, 1.82) is 0 Å². The standard InChI is InChI=1S/C16H16N2O6/c1-9(15(21)22)24-12-7-5-4-6-10(12)8-11-13(19)17(2)16(23)18(3)14(11)20/h4-9H,1-3H3,(H,21,22)/t9-/m0/s1. The minimum Gasteiger partial charge on any atom is -0.479 e. The van der Waals surface area contributed by atoms with Gasteiger partial charge in [-0.2, -0.15) is 0 Å². The Morgan fingerprint density at radius 2 is 1.67 bits per heavy atom. The highest BCUT2D eigenvalue weighted by molar-refractivity contribution is 6.30. The molecule has 0 unspecified atom stereocenters. The van der Waals surface area contributed by atoms with Crippen LogP contribution >= 0.6 is 0 Å². The molecule has 0 spiro atoms. The summed E-state index contributed by atoms with van der Waals surface area (Å²) in [6.45, 7) is 1.36. The van der Waals surface area contributed by atoms with Gasteiger partial charge in [-0.25, -0.2) is 9.59 Å². The van der Waals surface area contributed by atoms with E-state index in [1.165, 1.54) is 33.2 Å². The van der Waals surface area contributed by atoms with Crippen molar-refractivity contribution in [1.82, 2.24) is 9.80 Å². The molecule has 1 fully saturated rings. The molecule has 4 amide bonds. The summed E-state index contributed by atoms with van der Waals surface area (Å²) in [5.74, 6) is -2.40. The number of hydrogen-bond acceptors (Lipinski definition) is 5. The maximum atomic E-state index is 12.2. The van der Waals surface area contributed by atoms with Crippen LogP contribution < -0.4 is 4.74 Å². The maximum Gasteiger partial charge on any atom is 0.344 e. The van der Waals surface area contributed by atoms with E-state index < -0.39 is 29.9 Å². The van der Waals surface area contributed by atoms with E-state index >= 15 is 0 Å². The molecule has 126 valence electrons. The van der Waals surface area contributed by atoms with Gasteiger partial charge in [0.2, 0.25) is 0 Å². The second kappa shape index (κ2) is 6.53. The first-order valence-electron chi connectivity index (χ1n) is 7.04. The number of nitrogens with zero attached hydrogens (tertiary/aromatic N) is 2. The lowest BCUT2D eigenvalue weighted by molar-refractivity contribution is -0.144. The van der Waals surface area contributed by atoms with Gasteiger partial charge in [0, 0.05) is 19.7 Å². The Morgan fingerprint density at radius 3 is 2.21 bits per heavy atom. The molecule has 0 aromatic heterocycles. The number of barbiturate groups is 1. The smallest absolute Gasteiger partial charge is 0.344 e. The van der Waals surface area contributed by atoms with Crippen molar-refractivity contribution < 1.29 is 29.0 Å². The third-order valence-corrected chi connectivity index (χ3v) is 3.51. The average Bonchev–Trinajstić information content (AvgIpc) is 2.56. The normalized spacial score (nSPS) is 16.3. The number of carbonyl (C=O) groups excluding carboxylic acids is 3. The monoisotopic (exact) mass is 332 g/mol. The predicted molar refractivity (Wildman–Crippen MR) is 83.1 cm³/mol. The first kappa shape index (κ1) is 17.2. The molecule has 0 bridgehead atoms. The summed E-state index contributed by atoms with van der Waals surface area (Å²) in [6, 6.07) is 5.68. The molecule has 1 N–H and O–H groups in total. The van der Waals surface area contributed by atoms with E-state index in [-0.39, 0.29) is 11.3 Å². The van der Waals surface area contributed by atoms with Gasteiger partial charge < -0.3 is 9.84 Å². The van der Waals surface area contributed by atoms with Crippen molar-refractivity contribution in [3.05, 3.63) is 35.4 Å². The van der Waals surface area contributed by atoms with Gasteiger partial charge in [0.15, 0.2) is 6.10 Å². The lowest BCUT2D eigenvalue weighted by Crippen LogP contribution is -2.52. The molecule has 0 aliphatic carbocycles. The predicted octanol–water partition coefficient (Wildman–Crippen LogP) is 0.972. The molecule has 24 heavy (non-hydrogen) atoms. The van der Waals surface area contributed by atoms with E-state index in [0.717, 1.165) is 9.80 Å². The topological polar surface area (TPSA) is 104 Å². The zero-order valence-electron chi connectivity index (χ0n) is 13.3. The average molecular weight is 332 g/mol. The van der Waals surface area contributed by atoms with E-state index in [2.05, 4.69) is 0 Å². The fourth-order valence-electron chi connectivity index (χ4n) is 2.08. The largest absolute Gasteiger partial charge is 0.479 e. The zero-order valence-corrected chi connectivity index (χ0v) is 13.3. The summed E-state index contributed by atoms with van der Waals surface area (Å²) in [4.78, 5) is 48.7. The Morgan fingerprint density at radius 1 is 1.12 bits per heavy atom. The summed E-state index contributed by atoms with van der Waals surface area (Å²) in [5.41, 5.74) is 0.150. The minimum atomic E-state index is -1.15. The van der Waals surface area contributed by atoms with E-state index in [1.807, 2.05) is 0 Å². The van der Waals surface area contributed by atoms with Crippen LogP contribution in [0.1, 0.15) is 12.5 Å². The number of rotatable bonds is 4. The molecule has 1 heterocycles. The van der Waals surface area contributed by atoms with Crippen LogP contribution in [0.25, 0.3) is 6.08 Å². The number of carbonyl (C=O) groups is 4. The second-order valence-electron chi connectivity index (χ2n) is 5.21. The van der Waals surface area contributed by atoms with Gasteiger partial charge in [-0.05, 0) is 19.1 Å². The number of imide groups is 2. The van der Waals surface area contributed by atoms with Crippen LogP contribution in [0.5, 0.6) is 5.75 Å². The van der Waals surface area contributed by atoms with Gasteiger partial charge in [0.25, 0.3) is 11.8 Å². The maximum absolute atomic E-state index is 12.2. The fourth-order valence-corrected chi connectivity index (χ4v) is 2.08. The Balaban J connectivity index is 2.44. The van der Waals surface area contributed by atoms with Crippen LogP contribution in [0, 0.1) is 0 Å². The lowest BCUT2D eigenvalue weighted by atomic mass is 10.1. The highest BCUT2D eigenvalue weighted by atomic mass is 16.5. The van der Waals surface area contributed by atoms with Crippen LogP contribution in [0.3, 0.4) is 0 Å². The second-order valence-corrected chi connectivity index (χ2v) is 5.21. The molecule has 2 rings (SSSR count). The van der Waals surface area contributed by atoms with Gasteiger partial charge in [-0.3, -0.25) is 19.4 Å². The molecule has 1 atom stereocenters. The fraction of sp³-hybridized carbons (Fsp3) is 0.250. The number of benzene rings is 1. The number of hydrogen-bond donors (Lipinski definition) is 1. The first-order chi connectivity index (χ1) is 11.2. The number of urea groups is 1. The van der Waals surface area contributed by atoms with E-state index in [9.17, 15) is 19.2 Å². The Bertz CT molecular complexity index is 729. The quantitative estimate of drug-likeness (QED) is 0.651. The van der Waals surface area contributed by atoms with E-state index in [4.69, 9.17) is 9.84 Å². The number of likely N-dealkylation sites (N-methyl/N-ethyl adjacent to an activating group) is 2. The summed E-state index contributed by atoms with van der Waals surface area (Å²) in [7, 11) is 2.55. The van der Waals surface area contributed by atoms with E-state index in [0.29, 0.717) is 5.56 Å². The van der Waals surface area contributed by atoms with Crippen molar-refractivity contribution >= 4 is 29.9 Å². The van der Waals surface area contributed by atoms with Gasteiger partial charge in [-0.1, -0.05) is 18.2 Å². The van der Waals surface area contributed by atoms with Crippen molar-refractivity contribution in [2.24, 2.45) is 0 Å². The van der Waals surface area contributed by atoms with Gasteiger partial charge >= 0.3 is 12.0 Å². The van der Waals surface area contributed by atoms with Crippen molar-refractivity contribution in [2.45, 2.75) is 13.0 Å². The molecule has 1 aliphatic rings. The number of para-hydroxylation sites is 1. The molecule has 8 heteroatoms. The molecule has 0 radical (unpaired) electrons. The van der Waals surface area contributed by atoms with Crippen molar-refractivity contribution in [2.75, 3.05) is 14.1 Å². The molecule has 0 saturated carbocycles. The number of amides is 4. The third kappa shape index (κ3) is 3.12. The molecular weight excluding hydrogens is 316 g/mol. The minimum absolute atomic E-state index is 0.210. The van der Waals surface area contributed by atoms with Gasteiger partial charge in [-0.15, -0.1) is 0 Å². The van der Waals surface area contributed by atoms with Crippen LogP contribution in [-0.2, 0) is 14.4 Å². The molecular formula is C16H16N2O6. The summed E-state index contributed by atoms with van der Waals surface area (Å²) < 4.78 is 5.33. The summed E-state index contributed by atoms with van der Waals surface area (Å²) >= 11 is 0. The SMILES string of the molecule is C[C@H](Oc1ccccc1C=C1C(=O)N(C)C(=O)N(C)C1=O)C(=O)O. The zero-order chi connectivity index (χ0) is 18.0. The third-order valence-electron chi connectivity index (χ3n) is 3.51. The Kier molecular flexibility index (Phi) is 4.68. The lowest BCUT2D eigenvalue weighted by Gasteiger charge is -2.29. The molecule has 1 saturated heterocycles. The van der Waals surface area contributed by atoms with Crippen LogP contribution in [0.2, 0.25) is 0 Å². The van der Waals surface area contributed by atoms with E-state index in [1.54, 1.807) is 18.2 Å². The number of ether oxygens (including phenoxy) is 1. The molecule has 1 aromatic rings.